The van der Waals surface area contributed by atoms with Crippen molar-refractivity contribution in [2.75, 3.05) is 6.54 Å². The van der Waals surface area contributed by atoms with Gasteiger partial charge in [0.1, 0.15) is 13.1 Å². The third-order valence-corrected chi connectivity index (χ3v) is 2.61. The van der Waals surface area contributed by atoms with Crippen molar-refractivity contribution in [2.24, 2.45) is 0 Å². The number of fused-ring (bicyclic) bond motifs is 1. The number of aryl methyl sites for hydroxylation is 1. The molecule has 0 aliphatic heterocycles. The van der Waals surface area contributed by atoms with Crippen molar-refractivity contribution in [2.45, 2.75) is 13.5 Å². The summed E-state index contributed by atoms with van der Waals surface area (Å²) < 4.78 is 1.88. The van der Waals surface area contributed by atoms with E-state index < -0.39 is 0 Å². The lowest BCUT2D eigenvalue weighted by atomic mass is 10.2. The van der Waals surface area contributed by atoms with Crippen molar-refractivity contribution >= 4 is 16.8 Å². The van der Waals surface area contributed by atoms with Gasteiger partial charge in [0.05, 0.1) is 6.07 Å². The van der Waals surface area contributed by atoms with E-state index in [2.05, 4.69) is 11.4 Å². The van der Waals surface area contributed by atoms with Gasteiger partial charge >= 0.3 is 0 Å². The van der Waals surface area contributed by atoms with Crippen LogP contribution >= 0.6 is 0 Å². The first kappa shape index (κ1) is 11.2. The van der Waals surface area contributed by atoms with E-state index in [-0.39, 0.29) is 19.0 Å². The van der Waals surface area contributed by atoms with E-state index in [0.29, 0.717) is 0 Å². The Balaban J connectivity index is 2.20. The standard InChI is InChI=1S/C13H13N3O/c1-10-2-3-12-11(8-10)4-7-16(12)9-13(17)15-6-5-14/h2-4,7-8H,6,9H2,1H3,(H,15,17). The average molecular weight is 227 g/mol. The topological polar surface area (TPSA) is 57.8 Å². The average Bonchev–Trinajstić information content (AvgIpc) is 2.69. The molecule has 4 heteroatoms. The molecule has 1 aromatic heterocycles. The Morgan fingerprint density at radius 1 is 1.47 bits per heavy atom. The first-order valence-electron chi connectivity index (χ1n) is 5.40. The lowest BCUT2D eigenvalue weighted by Gasteiger charge is -2.05. The molecular weight excluding hydrogens is 214 g/mol. The number of amides is 1. The molecule has 0 spiro atoms. The number of hydrogen-bond donors (Lipinski definition) is 1. The van der Waals surface area contributed by atoms with Crippen LogP contribution in [0.4, 0.5) is 0 Å². The molecule has 0 unspecified atom stereocenters. The maximum Gasteiger partial charge on any atom is 0.240 e. The summed E-state index contributed by atoms with van der Waals surface area (Å²) in [7, 11) is 0. The molecular formula is C13H13N3O. The molecule has 1 N–H and O–H groups in total. The molecule has 1 aromatic carbocycles. The molecule has 0 aliphatic carbocycles. The minimum atomic E-state index is -0.148. The molecule has 17 heavy (non-hydrogen) atoms. The molecule has 86 valence electrons. The summed E-state index contributed by atoms with van der Waals surface area (Å²) in [6.45, 7) is 2.34. The van der Waals surface area contributed by atoms with Gasteiger partial charge in [-0.15, -0.1) is 0 Å². The van der Waals surface area contributed by atoms with Crippen LogP contribution in [0.5, 0.6) is 0 Å². The molecule has 0 aliphatic rings. The fourth-order valence-electron chi connectivity index (χ4n) is 1.81. The summed E-state index contributed by atoms with van der Waals surface area (Å²) >= 11 is 0. The highest BCUT2D eigenvalue weighted by atomic mass is 16.1. The van der Waals surface area contributed by atoms with E-state index in [9.17, 15) is 4.79 Å². The van der Waals surface area contributed by atoms with Crippen LogP contribution in [0, 0.1) is 18.3 Å². The molecule has 1 heterocycles. The SMILES string of the molecule is Cc1ccc2c(ccn2CC(=O)NCC#N)c1. The van der Waals surface area contributed by atoms with E-state index in [0.717, 1.165) is 10.9 Å². The van der Waals surface area contributed by atoms with E-state index in [1.165, 1.54) is 5.56 Å². The van der Waals surface area contributed by atoms with Gasteiger partial charge in [-0.3, -0.25) is 4.79 Å². The van der Waals surface area contributed by atoms with Gasteiger partial charge < -0.3 is 9.88 Å². The molecule has 0 bridgehead atoms. The summed E-state index contributed by atoms with van der Waals surface area (Å²) in [6, 6.07) is 9.97. The summed E-state index contributed by atoms with van der Waals surface area (Å²) in [5, 5.41) is 12.0. The summed E-state index contributed by atoms with van der Waals surface area (Å²) in [4.78, 5) is 11.5. The van der Waals surface area contributed by atoms with Crippen LogP contribution < -0.4 is 5.32 Å². The summed E-state index contributed by atoms with van der Waals surface area (Å²) in [5.41, 5.74) is 2.23. The highest BCUT2D eigenvalue weighted by Crippen LogP contribution is 2.17. The molecule has 1 amide bonds. The first-order chi connectivity index (χ1) is 8.20. The van der Waals surface area contributed by atoms with Crippen molar-refractivity contribution in [1.82, 2.24) is 9.88 Å². The first-order valence-corrected chi connectivity index (χ1v) is 5.40. The Morgan fingerprint density at radius 2 is 2.29 bits per heavy atom. The highest BCUT2D eigenvalue weighted by molar-refractivity contribution is 5.83. The van der Waals surface area contributed by atoms with Crippen LogP contribution in [0.15, 0.2) is 30.5 Å². The Hall–Kier alpha value is -2.28. The van der Waals surface area contributed by atoms with Crippen molar-refractivity contribution in [1.29, 1.82) is 5.26 Å². The normalized spacial score (nSPS) is 10.1. The monoisotopic (exact) mass is 227 g/mol. The largest absolute Gasteiger partial charge is 0.341 e. The fourth-order valence-corrected chi connectivity index (χ4v) is 1.81. The number of nitriles is 1. The van der Waals surface area contributed by atoms with Crippen LogP contribution in [0.1, 0.15) is 5.56 Å². The molecule has 0 fully saturated rings. The lowest BCUT2D eigenvalue weighted by Crippen LogP contribution is -2.27. The highest BCUT2D eigenvalue weighted by Gasteiger charge is 2.05. The number of hydrogen-bond acceptors (Lipinski definition) is 2. The maximum atomic E-state index is 11.5. The van der Waals surface area contributed by atoms with Gasteiger partial charge in [-0.1, -0.05) is 11.6 Å². The number of nitrogens with zero attached hydrogens (tertiary/aromatic N) is 2. The van der Waals surface area contributed by atoms with Crippen LogP contribution in [0.25, 0.3) is 10.9 Å². The zero-order valence-corrected chi connectivity index (χ0v) is 9.60. The summed E-state index contributed by atoms with van der Waals surface area (Å²) in [6.07, 6.45) is 1.88. The van der Waals surface area contributed by atoms with Crippen molar-refractivity contribution in [3.63, 3.8) is 0 Å². The molecule has 0 atom stereocenters. The van der Waals surface area contributed by atoms with Crippen molar-refractivity contribution in [3.8, 4) is 6.07 Å². The molecule has 2 rings (SSSR count). The minimum Gasteiger partial charge on any atom is -0.341 e. The Labute approximate surface area is 99.5 Å². The zero-order chi connectivity index (χ0) is 12.3. The van der Waals surface area contributed by atoms with Gasteiger partial charge in [-0.2, -0.15) is 5.26 Å². The second-order valence-corrected chi connectivity index (χ2v) is 3.94. The second kappa shape index (κ2) is 4.71. The number of nitrogens with one attached hydrogen (secondary N) is 1. The molecule has 0 saturated heterocycles. The summed E-state index contributed by atoms with van der Waals surface area (Å²) in [5.74, 6) is -0.148. The number of carbonyl (C=O) groups is 1. The molecule has 0 saturated carbocycles. The van der Waals surface area contributed by atoms with Gasteiger partial charge in [0.15, 0.2) is 0 Å². The van der Waals surface area contributed by atoms with Crippen LogP contribution in [-0.4, -0.2) is 17.0 Å². The van der Waals surface area contributed by atoms with Crippen molar-refractivity contribution in [3.05, 3.63) is 36.0 Å². The van der Waals surface area contributed by atoms with Crippen LogP contribution in [-0.2, 0) is 11.3 Å². The van der Waals surface area contributed by atoms with Gasteiger partial charge in [0.2, 0.25) is 5.91 Å². The van der Waals surface area contributed by atoms with Gasteiger partial charge in [0, 0.05) is 11.7 Å². The second-order valence-electron chi connectivity index (χ2n) is 3.94. The third kappa shape index (κ3) is 2.45. The quantitative estimate of drug-likeness (QED) is 0.809. The number of rotatable bonds is 3. The number of aromatic nitrogens is 1. The zero-order valence-electron chi connectivity index (χ0n) is 9.60. The minimum absolute atomic E-state index is 0.0527. The number of benzene rings is 1. The Kier molecular flexibility index (Phi) is 3.10. The molecule has 0 radical (unpaired) electrons. The third-order valence-electron chi connectivity index (χ3n) is 2.61. The smallest absolute Gasteiger partial charge is 0.240 e. The Bertz CT molecular complexity index is 592. The predicted octanol–water partition coefficient (Wildman–Crippen LogP) is 1.59. The van der Waals surface area contributed by atoms with Crippen molar-refractivity contribution < 1.29 is 4.79 Å². The molecule has 4 nitrogen and oxygen atoms in total. The maximum absolute atomic E-state index is 11.5. The van der Waals surface area contributed by atoms with E-state index in [4.69, 9.17) is 5.26 Å². The van der Waals surface area contributed by atoms with Crippen LogP contribution in [0.2, 0.25) is 0 Å². The van der Waals surface area contributed by atoms with E-state index in [1.54, 1.807) is 0 Å². The van der Waals surface area contributed by atoms with Gasteiger partial charge in [-0.25, -0.2) is 0 Å². The van der Waals surface area contributed by atoms with Gasteiger partial charge in [-0.05, 0) is 30.5 Å². The predicted molar refractivity (Wildman–Crippen MR) is 65.3 cm³/mol. The van der Waals surface area contributed by atoms with E-state index in [1.807, 2.05) is 42.0 Å². The van der Waals surface area contributed by atoms with E-state index >= 15 is 0 Å². The number of carbonyl (C=O) groups excluding carboxylic acids is 1. The van der Waals surface area contributed by atoms with Crippen LogP contribution in [0.3, 0.4) is 0 Å². The van der Waals surface area contributed by atoms with Gasteiger partial charge in [0.25, 0.3) is 0 Å². The fraction of sp³-hybridized carbons (Fsp3) is 0.231. The lowest BCUT2D eigenvalue weighted by molar-refractivity contribution is -0.121. The Morgan fingerprint density at radius 3 is 3.06 bits per heavy atom. The molecule has 2 aromatic rings.